The Balaban J connectivity index is 0.000000470. The fourth-order valence-electron chi connectivity index (χ4n) is 5.19. The van der Waals surface area contributed by atoms with E-state index in [1.807, 2.05) is 24.8 Å². The van der Waals surface area contributed by atoms with Crippen LogP contribution in [0.2, 0.25) is 0 Å². The number of anilines is 2. The van der Waals surface area contributed by atoms with Crippen LogP contribution >= 0.6 is 0 Å². The van der Waals surface area contributed by atoms with Gasteiger partial charge in [-0.3, -0.25) is 4.79 Å². The molecular formula is C27H25F5N2O6. The lowest BCUT2D eigenvalue weighted by molar-refractivity contribution is -0.192. The van der Waals surface area contributed by atoms with Gasteiger partial charge in [0.2, 0.25) is 5.92 Å². The normalized spacial score (nSPS) is 17.7. The first kappa shape index (κ1) is 28.8. The summed E-state index contributed by atoms with van der Waals surface area (Å²) in [5.74, 6) is -6.01. The number of hydrogen-bond donors (Lipinski definition) is 3. The van der Waals surface area contributed by atoms with E-state index in [4.69, 9.17) is 14.3 Å². The molecule has 2 aromatic carbocycles. The van der Waals surface area contributed by atoms with Crippen molar-refractivity contribution >= 4 is 34.5 Å². The summed E-state index contributed by atoms with van der Waals surface area (Å²) >= 11 is 0. The first-order valence-electron chi connectivity index (χ1n) is 12.1. The van der Waals surface area contributed by atoms with Crippen LogP contribution < -0.4 is 15.6 Å². The van der Waals surface area contributed by atoms with Gasteiger partial charge in [0.05, 0.1) is 17.0 Å². The van der Waals surface area contributed by atoms with Crippen molar-refractivity contribution in [2.24, 2.45) is 5.41 Å². The number of aryl methyl sites for hydroxylation is 1. The highest BCUT2D eigenvalue weighted by molar-refractivity contribution is 5.94. The third-order valence-electron chi connectivity index (χ3n) is 6.86. The molecule has 40 heavy (non-hydrogen) atoms. The van der Waals surface area contributed by atoms with Crippen LogP contribution in [0.15, 0.2) is 51.7 Å². The Morgan fingerprint density at radius 1 is 1.07 bits per heavy atom. The standard InChI is InChI=1S/C25H24F2N2O4.C2HF3O2/c1-14-7-17(15(2)28-19-6-4-3-5-16(19)23(31)32)22-18(8-14)20(30)9-21(33-22)29-12-24(13-29)10-25(26,27)11-24;3-2(4,5)1(6)7/h3-9,15,28H,10-13H2,1-2H3,(H,31,32);(H,6,7). The smallest absolute Gasteiger partial charge is 0.478 e. The molecule has 5 rings (SSSR count). The first-order valence-corrected chi connectivity index (χ1v) is 12.1. The second-order valence-electron chi connectivity index (χ2n) is 10.3. The first-order chi connectivity index (χ1) is 18.5. The van der Waals surface area contributed by atoms with Gasteiger partial charge in [0.1, 0.15) is 5.58 Å². The molecule has 1 spiro atoms. The molecule has 0 radical (unpaired) electrons. The van der Waals surface area contributed by atoms with E-state index in [1.54, 1.807) is 24.3 Å². The number of nitrogens with one attached hydrogen (secondary N) is 1. The van der Waals surface area contributed by atoms with Crippen molar-refractivity contribution in [1.29, 1.82) is 0 Å². The molecule has 13 heteroatoms. The molecule has 1 aliphatic heterocycles. The molecule has 1 saturated heterocycles. The second-order valence-corrected chi connectivity index (χ2v) is 10.3. The maximum atomic E-state index is 13.4. The Morgan fingerprint density at radius 3 is 2.23 bits per heavy atom. The van der Waals surface area contributed by atoms with Crippen LogP contribution in [0, 0.1) is 12.3 Å². The average molecular weight is 568 g/mol. The van der Waals surface area contributed by atoms with Gasteiger partial charge in [-0.1, -0.05) is 18.2 Å². The third-order valence-corrected chi connectivity index (χ3v) is 6.86. The molecule has 214 valence electrons. The van der Waals surface area contributed by atoms with Gasteiger partial charge in [-0.05, 0) is 37.6 Å². The van der Waals surface area contributed by atoms with E-state index in [1.165, 1.54) is 12.1 Å². The molecule has 1 saturated carbocycles. The van der Waals surface area contributed by atoms with Crippen molar-refractivity contribution in [3.63, 3.8) is 0 Å². The van der Waals surface area contributed by atoms with Crippen LogP contribution in [0.4, 0.5) is 33.5 Å². The van der Waals surface area contributed by atoms with E-state index in [0.29, 0.717) is 35.6 Å². The van der Waals surface area contributed by atoms with E-state index in [0.717, 1.165) is 11.1 Å². The van der Waals surface area contributed by atoms with Gasteiger partial charge in [-0.15, -0.1) is 0 Å². The number of carboxylic acid groups (broad SMARTS) is 2. The number of carboxylic acids is 2. The molecular weight excluding hydrogens is 543 g/mol. The molecule has 3 aromatic rings. The zero-order valence-electron chi connectivity index (χ0n) is 21.3. The third kappa shape index (κ3) is 5.87. The van der Waals surface area contributed by atoms with Crippen molar-refractivity contribution in [1.82, 2.24) is 0 Å². The fraction of sp³-hybridized carbons (Fsp3) is 0.370. The summed E-state index contributed by atoms with van der Waals surface area (Å²) in [7, 11) is 0. The van der Waals surface area contributed by atoms with Crippen molar-refractivity contribution in [3.05, 3.63) is 69.4 Å². The SMILES string of the molecule is Cc1cc(C(C)Nc2ccccc2C(=O)O)c2oc(N3CC4(C3)CC(F)(F)C4)cc(=O)c2c1.O=C(O)C(F)(F)F. The molecule has 0 amide bonds. The Labute approximate surface area is 224 Å². The van der Waals surface area contributed by atoms with Crippen molar-refractivity contribution < 1.29 is 46.2 Å². The number of alkyl halides is 5. The molecule has 0 bridgehead atoms. The summed E-state index contributed by atoms with van der Waals surface area (Å²) in [4.78, 5) is 35.2. The lowest BCUT2D eigenvalue weighted by Crippen LogP contribution is -2.66. The molecule has 8 nitrogen and oxygen atoms in total. The van der Waals surface area contributed by atoms with Gasteiger partial charge in [0, 0.05) is 48.7 Å². The molecule has 2 fully saturated rings. The van der Waals surface area contributed by atoms with Gasteiger partial charge in [-0.25, -0.2) is 18.4 Å². The molecule has 2 heterocycles. The van der Waals surface area contributed by atoms with Gasteiger partial charge in [0.15, 0.2) is 11.3 Å². The molecule has 3 N–H and O–H groups in total. The Bertz CT molecular complexity index is 1520. The minimum Gasteiger partial charge on any atom is -0.478 e. The van der Waals surface area contributed by atoms with Crippen LogP contribution in [0.5, 0.6) is 0 Å². The highest BCUT2D eigenvalue weighted by atomic mass is 19.4. The van der Waals surface area contributed by atoms with Crippen LogP contribution in [0.1, 0.15) is 47.3 Å². The number of nitrogens with zero attached hydrogens (tertiary/aromatic N) is 1. The van der Waals surface area contributed by atoms with Crippen molar-refractivity contribution in [2.45, 2.75) is 44.8 Å². The highest BCUT2D eigenvalue weighted by Crippen LogP contribution is 2.57. The minimum absolute atomic E-state index is 0.122. The molecule has 1 aliphatic carbocycles. The number of hydrogen-bond acceptors (Lipinski definition) is 6. The van der Waals surface area contributed by atoms with Crippen LogP contribution in [0.3, 0.4) is 0 Å². The van der Waals surface area contributed by atoms with E-state index >= 15 is 0 Å². The zero-order chi connectivity index (χ0) is 29.6. The number of benzene rings is 2. The zero-order valence-corrected chi connectivity index (χ0v) is 21.3. The highest BCUT2D eigenvalue weighted by Gasteiger charge is 2.62. The van der Waals surface area contributed by atoms with E-state index in [-0.39, 0.29) is 35.3 Å². The Hall–Kier alpha value is -4.16. The number of halogens is 5. The van der Waals surface area contributed by atoms with Crippen LogP contribution in [-0.4, -0.2) is 47.3 Å². The summed E-state index contributed by atoms with van der Waals surface area (Å²) in [6.45, 7) is 4.63. The van der Waals surface area contributed by atoms with Gasteiger partial charge >= 0.3 is 18.1 Å². The van der Waals surface area contributed by atoms with Crippen molar-refractivity contribution in [2.75, 3.05) is 23.3 Å². The average Bonchev–Trinajstić information content (AvgIpc) is 2.80. The topological polar surface area (TPSA) is 120 Å². The number of fused-ring (bicyclic) bond motifs is 1. The molecule has 2 aliphatic rings. The summed E-state index contributed by atoms with van der Waals surface area (Å²) < 4.78 is 64.6. The summed E-state index contributed by atoms with van der Waals surface area (Å²) in [6, 6.07) is 11.3. The number of rotatable bonds is 5. The number of para-hydroxylation sites is 1. The van der Waals surface area contributed by atoms with Crippen LogP contribution in [-0.2, 0) is 4.79 Å². The monoisotopic (exact) mass is 568 g/mol. The summed E-state index contributed by atoms with van der Waals surface area (Å²) in [6.07, 6.45) is -5.33. The minimum atomic E-state index is -5.08. The molecule has 1 aromatic heterocycles. The number of aliphatic carboxylic acids is 1. The van der Waals surface area contributed by atoms with Gasteiger partial charge in [0.25, 0.3) is 0 Å². The summed E-state index contributed by atoms with van der Waals surface area (Å²) in [5.41, 5.74) is 2.02. The van der Waals surface area contributed by atoms with Gasteiger partial charge in [-0.2, -0.15) is 13.2 Å². The quantitative estimate of drug-likeness (QED) is 0.329. The number of carbonyl (C=O) groups is 2. The maximum Gasteiger partial charge on any atom is 0.490 e. The lowest BCUT2D eigenvalue weighted by atomic mass is 9.61. The predicted octanol–water partition coefficient (Wildman–Crippen LogP) is 5.84. The van der Waals surface area contributed by atoms with E-state index < -0.39 is 24.0 Å². The van der Waals surface area contributed by atoms with Gasteiger partial charge < -0.3 is 24.8 Å². The van der Waals surface area contributed by atoms with E-state index in [2.05, 4.69) is 5.32 Å². The largest absolute Gasteiger partial charge is 0.490 e. The molecule has 1 unspecified atom stereocenters. The van der Waals surface area contributed by atoms with Crippen molar-refractivity contribution in [3.8, 4) is 0 Å². The fourth-order valence-corrected chi connectivity index (χ4v) is 5.19. The lowest BCUT2D eigenvalue weighted by Gasteiger charge is -2.58. The number of aromatic carboxylic acids is 1. The van der Waals surface area contributed by atoms with Crippen LogP contribution in [0.25, 0.3) is 11.0 Å². The Morgan fingerprint density at radius 2 is 1.68 bits per heavy atom. The Kier molecular flexibility index (Phi) is 7.28. The molecule has 1 atom stereocenters. The second kappa shape index (κ2) is 10.1. The summed E-state index contributed by atoms with van der Waals surface area (Å²) in [5, 5.41) is 20.3. The maximum absolute atomic E-state index is 13.4. The van der Waals surface area contributed by atoms with E-state index in [9.17, 15) is 36.6 Å². The predicted molar refractivity (Wildman–Crippen MR) is 135 cm³/mol.